The van der Waals surface area contributed by atoms with Gasteiger partial charge in [0.15, 0.2) is 0 Å². The Bertz CT molecular complexity index is 476. The summed E-state index contributed by atoms with van der Waals surface area (Å²) in [5.41, 5.74) is 6.79. The maximum atomic E-state index is 11.6. The fourth-order valence-electron chi connectivity index (χ4n) is 1.52. The van der Waals surface area contributed by atoms with Crippen LogP contribution in [-0.2, 0) is 4.79 Å². The predicted molar refractivity (Wildman–Crippen MR) is 64.9 cm³/mol. The quantitative estimate of drug-likeness (QED) is 0.840. The molecule has 1 heterocycles. The first-order valence-electron chi connectivity index (χ1n) is 4.60. The van der Waals surface area contributed by atoms with E-state index in [0.717, 1.165) is 10.6 Å². The van der Waals surface area contributed by atoms with Gasteiger partial charge in [0.05, 0.1) is 16.5 Å². The van der Waals surface area contributed by atoms with Crippen molar-refractivity contribution in [3.63, 3.8) is 0 Å². The highest BCUT2D eigenvalue weighted by molar-refractivity contribution is 6.40. The highest BCUT2D eigenvalue weighted by Crippen LogP contribution is 2.36. The standard InChI is InChI=1S/C10H9Cl2N3O/c1-5-2-6(11)10(7(12)3-5)15-9(16)4-8(13)14-15/h2-3H,4H2,1H3,(H2,13,14). The summed E-state index contributed by atoms with van der Waals surface area (Å²) in [6.07, 6.45) is 0.0978. The number of benzene rings is 1. The number of carbonyl (C=O) groups excluding carboxylic acids is 1. The zero-order valence-corrected chi connectivity index (χ0v) is 10.0. The first-order chi connectivity index (χ1) is 7.49. The van der Waals surface area contributed by atoms with E-state index in [0.29, 0.717) is 15.7 Å². The molecule has 1 aromatic rings. The molecule has 2 N–H and O–H groups in total. The van der Waals surface area contributed by atoms with Gasteiger partial charge < -0.3 is 5.73 Å². The number of nitrogens with two attached hydrogens (primary N) is 1. The number of anilines is 1. The van der Waals surface area contributed by atoms with Crippen LogP contribution in [-0.4, -0.2) is 11.7 Å². The van der Waals surface area contributed by atoms with E-state index in [9.17, 15) is 4.79 Å². The number of amides is 1. The molecular formula is C10H9Cl2N3O. The van der Waals surface area contributed by atoms with Crippen LogP contribution in [0.1, 0.15) is 12.0 Å². The molecule has 0 bridgehead atoms. The SMILES string of the molecule is Cc1cc(Cl)c(N2N=C(N)CC2=O)c(Cl)c1. The van der Waals surface area contributed by atoms with Crippen molar-refractivity contribution < 1.29 is 4.79 Å². The molecule has 1 aliphatic rings. The second-order valence-electron chi connectivity index (χ2n) is 3.55. The Labute approximate surface area is 103 Å². The molecule has 1 aliphatic heterocycles. The molecule has 0 atom stereocenters. The van der Waals surface area contributed by atoms with Crippen molar-refractivity contribution in [3.05, 3.63) is 27.7 Å². The van der Waals surface area contributed by atoms with Crippen molar-refractivity contribution in [1.82, 2.24) is 0 Å². The minimum Gasteiger partial charge on any atom is -0.385 e. The Morgan fingerprint density at radius 2 is 1.94 bits per heavy atom. The van der Waals surface area contributed by atoms with E-state index in [-0.39, 0.29) is 18.2 Å². The molecule has 0 saturated carbocycles. The smallest absolute Gasteiger partial charge is 0.255 e. The van der Waals surface area contributed by atoms with Crippen molar-refractivity contribution in [2.75, 3.05) is 5.01 Å². The van der Waals surface area contributed by atoms with Crippen molar-refractivity contribution >= 4 is 40.6 Å². The Hall–Kier alpha value is -1.26. The zero-order valence-electron chi connectivity index (χ0n) is 8.50. The number of nitrogens with zero attached hydrogens (tertiary/aromatic N) is 2. The Balaban J connectivity index is 2.53. The van der Waals surface area contributed by atoms with E-state index >= 15 is 0 Å². The topological polar surface area (TPSA) is 58.7 Å². The predicted octanol–water partition coefficient (Wildman–Crippen LogP) is 2.31. The molecule has 0 fully saturated rings. The molecular weight excluding hydrogens is 249 g/mol. The van der Waals surface area contributed by atoms with Gasteiger partial charge in [-0.2, -0.15) is 10.1 Å². The molecule has 16 heavy (non-hydrogen) atoms. The average molecular weight is 258 g/mol. The summed E-state index contributed by atoms with van der Waals surface area (Å²) < 4.78 is 0. The van der Waals surface area contributed by atoms with Crippen LogP contribution in [0.5, 0.6) is 0 Å². The molecule has 6 heteroatoms. The molecule has 0 unspecified atom stereocenters. The lowest BCUT2D eigenvalue weighted by Gasteiger charge is -2.15. The Kier molecular flexibility index (Phi) is 2.78. The largest absolute Gasteiger partial charge is 0.385 e. The van der Waals surface area contributed by atoms with Crippen LogP contribution in [0, 0.1) is 6.92 Å². The maximum Gasteiger partial charge on any atom is 0.255 e. The van der Waals surface area contributed by atoms with Crippen LogP contribution in [0.4, 0.5) is 5.69 Å². The Morgan fingerprint density at radius 3 is 2.38 bits per heavy atom. The zero-order chi connectivity index (χ0) is 11.9. The molecule has 0 spiro atoms. The molecule has 0 saturated heterocycles. The van der Waals surface area contributed by atoms with Gasteiger partial charge in [-0.15, -0.1) is 0 Å². The van der Waals surface area contributed by atoms with Crippen molar-refractivity contribution in [1.29, 1.82) is 0 Å². The van der Waals surface area contributed by atoms with Crippen molar-refractivity contribution in [2.45, 2.75) is 13.3 Å². The van der Waals surface area contributed by atoms with Gasteiger partial charge in [-0.25, -0.2) is 0 Å². The van der Waals surface area contributed by atoms with E-state index in [1.165, 1.54) is 0 Å². The second-order valence-corrected chi connectivity index (χ2v) is 4.37. The monoisotopic (exact) mass is 257 g/mol. The van der Waals surface area contributed by atoms with Crippen LogP contribution in [0.15, 0.2) is 17.2 Å². The van der Waals surface area contributed by atoms with Crippen LogP contribution in [0.2, 0.25) is 10.0 Å². The number of halogens is 2. The molecule has 0 aliphatic carbocycles. The minimum absolute atomic E-state index is 0.0978. The lowest BCUT2D eigenvalue weighted by atomic mass is 10.2. The van der Waals surface area contributed by atoms with E-state index in [1.807, 2.05) is 6.92 Å². The lowest BCUT2D eigenvalue weighted by molar-refractivity contribution is -0.116. The van der Waals surface area contributed by atoms with Crippen LogP contribution >= 0.6 is 23.2 Å². The van der Waals surface area contributed by atoms with Gasteiger partial charge in [0, 0.05) is 0 Å². The van der Waals surface area contributed by atoms with Crippen molar-refractivity contribution in [3.8, 4) is 0 Å². The highest BCUT2D eigenvalue weighted by Gasteiger charge is 2.27. The fourth-order valence-corrected chi connectivity index (χ4v) is 2.27. The molecule has 0 radical (unpaired) electrons. The van der Waals surface area contributed by atoms with Gasteiger partial charge in [0.25, 0.3) is 5.91 Å². The average Bonchev–Trinajstić information content (AvgIpc) is 2.43. The van der Waals surface area contributed by atoms with Gasteiger partial charge in [-0.3, -0.25) is 4.79 Å². The van der Waals surface area contributed by atoms with Crippen LogP contribution < -0.4 is 10.7 Å². The minimum atomic E-state index is -0.231. The molecule has 4 nitrogen and oxygen atoms in total. The third-order valence-corrected chi connectivity index (χ3v) is 2.75. The van der Waals surface area contributed by atoms with Crippen LogP contribution in [0.3, 0.4) is 0 Å². The number of carbonyl (C=O) groups is 1. The summed E-state index contributed by atoms with van der Waals surface area (Å²) in [7, 11) is 0. The van der Waals surface area contributed by atoms with Gasteiger partial charge in [0.2, 0.25) is 0 Å². The molecule has 2 rings (SSSR count). The van der Waals surface area contributed by atoms with E-state index in [1.54, 1.807) is 12.1 Å². The first kappa shape index (κ1) is 11.2. The summed E-state index contributed by atoms with van der Waals surface area (Å²) in [5, 5.41) is 5.82. The number of rotatable bonds is 1. The number of aryl methyl sites for hydroxylation is 1. The summed E-state index contributed by atoms with van der Waals surface area (Å²) in [4.78, 5) is 11.6. The number of amidine groups is 1. The highest BCUT2D eigenvalue weighted by atomic mass is 35.5. The van der Waals surface area contributed by atoms with Gasteiger partial charge in [0.1, 0.15) is 11.5 Å². The second kappa shape index (κ2) is 3.96. The number of hydrazone groups is 1. The van der Waals surface area contributed by atoms with Gasteiger partial charge in [-0.05, 0) is 24.6 Å². The summed E-state index contributed by atoms with van der Waals surface area (Å²) in [6, 6.07) is 3.44. The molecule has 84 valence electrons. The Morgan fingerprint density at radius 1 is 1.38 bits per heavy atom. The normalized spacial score (nSPS) is 15.6. The van der Waals surface area contributed by atoms with Gasteiger partial charge >= 0.3 is 0 Å². The summed E-state index contributed by atoms with van der Waals surface area (Å²) in [5.74, 6) is 0.0304. The number of hydrogen-bond acceptors (Lipinski definition) is 3. The van der Waals surface area contributed by atoms with Crippen LogP contribution in [0.25, 0.3) is 0 Å². The first-order valence-corrected chi connectivity index (χ1v) is 5.36. The summed E-state index contributed by atoms with van der Waals surface area (Å²) >= 11 is 12.1. The third kappa shape index (κ3) is 1.86. The number of hydrogen-bond donors (Lipinski definition) is 1. The van der Waals surface area contributed by atoms with E-state index in [2.05, 4.69) is 5.10 Å². The van der Waals surface area contributed by atoms with Gasteiger partial charge in [-0.1, -0.05) is 23.2 Å². The summed E-state index contributed by atoms with van der Waals surface area (Å²) in [6.45, 7) is 1.87. The van der Waals surface area contributed by atoms with E-state index < -0.39 is 0 Å². The maximum absolute atomic E-state index is 11.6. The lowest BCUT2D eigenvalue weighted by Crippen LogP contribution is -2.20. The van der Waals surface area contributed by atoms with Crippen molar-refractivity contribution in [2.24, 2.45) is 10.8 Å². The third-order valence-electron chi connectivity index (χ3n) is 2.17. The fraction of sp³-hybridized carbons (Fsp3) is 0.200. The van der Waals surface area contributed by atoms with E-state index in [4.69, 9.17) is 28.9 Å². The molecule has 1 aromatic carbocycles. The molecule has 0 aromatic heterocycles. The molecule has 1 amide bonds.